The predicted molar refractivity (Wildman–Crippen MR) is 221 cm³/mol. The summed E-state index contributed by atoms with van der Waals surface area (Å²) in [5.74, 6) is 0. The molecule has 0 saturated heterocycles. The van der Waals surface area contributed by atoms with E-state index >= 15 is 0 Å². The number of aryl methyl sites for hydroxylation is 2. The Kier molecular flexibility index (Phi) is 16.4. The minimum absolute atomic E-state index is 0. The number of benzene rings is 3. The average molecular weight is 879 g/mol. The molecule has 1 aliphatic carbocycles. The standard InChI is InChI=1S/C28H44N2.C21H12N.Ir/c1-3-5-7-9-11-13-15-17-25-19-21-29-27(23-25)28-24-26(20-22-30-28)18-16-14-12-10-8-6-4-2;1-2-7-14(8-3-1)20-13-18-16-10-5-4-9-15(16)17-11-6-12-19(22-20)21(17)18;/h19-24H,3-18H2,1-2H3;1-7,9-13H;/q;-1;. The third-order valence-electron chi connectivity index (χ3n) is 10.4. The van der Waals surface area contributed by atoms with E-state index in [2.05, 4.69) is 109 Å². The van der Waals surface area contributed by atoms with E-state index in [1.807, 2.05) is 30.6 Å². The molecule has 0 amide bonds. The summed E-state index contributed by atoms with van der Waals surface area (Å²) < 4.78 is 0. The number of fused-ring (bicyclic) bond motifs is 3. The molecule has 7 rings (SSSR count). The summed E-state index contributed by atoms with van der Waals surface area (Å²) in [4.78, 5) is 14.1. The molecule has 0 saturated carbocycles. The van der Waals surface area contributed by atoms with E-state index in [-0.39, 0.29) is 20.1 Å². The molecule has 4 heteroatoms. The molecular formula is C49H56IrN3-. The number of pyridine rings is 3. The first-order chi connectivity index (χ1) is 25.7. The van der Waals surface area contributed by atoms with Gasteiger partial charge in [-0.1, -0.05) is 133 Å². The summed E-state index contributed by atoms with van der Waals surface area (Å²) in [5, 5.41) is 1.27. The van der Waals surface area contributed by atoms with E-state index in [1.165, 1.54) is 129 Å². The second-order valence-corrected chi connectivity index (χ2v) is 14.4. The third-order valence-corrected chi connectivity index (χ3v) is 10.4. The number of hydrogen-bond donors (Lipinski definition) is 0. The van der Waals surface area contributed by atoms with Gasteiger partial charge in [-0.3, -0.25) is 15.0 Å². The summed E-state index contributed by atoms with van der Waals surface area (Å²) in [5.41, 5.74) is 13.1. The first-order valence-electron chi connectivity index (χ1n) is 20.2. The molecule has 3 nitrogen and oxygen atoms in total. The maximum Gasteiger partial charge on any atom is 0.0888 e. The molecule has 3 aromatic carbocycles. The minimum atomic E-state index is 0. The van der Waals surface area contributed by atoms with Crippen molar-refractivity contribution in [2.75, 3.05) is 0 Å². The summed E-state index contributed by atoms with van der Waals surface area (Å²) in [7, 11) is 0. The van der Waals surface area contributed by atoms with Crippen LogP contribution >= 0.6 is 0 Å². The molecule has 0 atom stereocenters. The third kappa shape index (κ3) is 11.3. The Balaban J connectivity index is 0.000000208. The van der Waals surface area contributed by atoms with Crippen molar-refractivity contribution in [2.45, 2.75) is 117 Å². The Hall–Kier alpha value is -3.98. The Bertz CT molecular complexity index is 1930. The molecule has 0 N–H and O–H groups in total. The van der Waals surface area contributed by atoms with Gasteiger partial charge in [0.15, 0.2) is 0 Å². The van der Waals surface area contributed by atoms with Crippen molar-refractivity contribution < 1.29 is 20.1 Å². The van der Waals surface area contributed by atoms with Gasteiger partial charge in [0.2, 0.25) is 0 Å². The molecule has 3 aromatic heterocycles. The van der Waals surface area contributed by atoms with Gasteiger partial charge < -0.3 is 0 Å². The zero-order valence-corrected chi connectivity index (χ0v) is 34.3. The second-order valence-electron chi connectivity index (χ2n) is 14.4. The Labute approximate surface area is 332 Å². The fraction of sp³-hybridized carbons (Fsp3) is 0.367. The normalized spacial score (nSPS) is 11.1. The van der Waals surface area contributed by atoms with Crippen LogP contribution in [0, 0.1) is 6.07 Å². The second kappa shape index (κ2) is 21.7. The van der Waals surface area contributed by atoms with Crippen LogP contribution in [0.3, 0.4) is 0 Å². The van der Waals surface area contributed by atoms with E-state index in [0.717, 1.165) is 41.0 Å². The van der Waals surface area contributed by atoms with Crippen molar-refractivity contribution in [3.8, 4) is 44.9 Å². The Morgan fingerprint density at radius 3 is 1.57 bits per heavy atom. The topological polar surface area (TPSA) is 38.7 Å². The van der Waals surface area contributed by atoms with Crippen molar-refractivity contribution in [1.82, 2.24) is 15.0 Å². The van der Waals surface area contributed by atoms with Crippen LogP contribution in [0.15, 0.2) is 109 Å². The summed E-state index contributed by atoms with van der Waals surface area (Å²) in [6.45, 7) is 4.56. The number of rotatable bonds is 18. The summed E-state index contributed by atoms with van der Waals surface area (Å²) >= 11 is 0. The monoisotopic (exact) mass is 879 g/mol. The zero-order valence-electron chi connectivity index (χ0n) is 31.9. The number of hydrogen-bond acceptors (Lipinski definition) is 3. The van der Waals surface area contributed by atoms with Gasteiger partial charge >= 0.3 is 0 Å². The Morgan fingerprint density at radius 2 is 1.00 bits per heavy atom. The molecule has 53 heavy (non-hydrogen) atoms. The van der Waals surface area contributed by atoms with Crippen molar-refractivity contribution in [3.05, 3.63) is 127 Å². The van der Waals surface area contributed by atoms with Crippen molar-refractivity contribution in [1.29, 1.82) is 0 Å². The van der Waals surface area contributed by atoms with Crippen LogP contribution in [-0.4, -0.2) is 15.0 Å². The maximum atomic E-state index is 4.86. The average Bonchev–Trinajstić information content (AvgIpc) is 3.52. The van der Waals surface area contributed by atoms with Gasteiger partial charge in [0.1, 0.15) is 0 Å². The van der Waals surface area contributed by atoms with Crippen LogP contribution in [0.5, 0.6) is 0 Å². The molecule has 0 fully saturated rings. The Morgan fingerprint density at radius 1 is 0.472 bits per heavy atom. The summed E-state index contributed by atoms with van der Waals surface area (Å²) in [6.07, 6.45) is 25.2. The minimum Gasteiger partial charge on any atom is -0.296 e. The fourth-order valence-corrected chi connectivity index (χ4v) is 7.48. The molecular weight excluding hydrogens is 823 g/mol. The van der Waals surface area contributed by atoms with Gasteiger partial charge in [-0.2, -0.15) is 0 Å². The maximum absolute atomic E-state index is 4.86. The van der Waals surface area contributed by atoms with E-state index in [0.29, 0.717) is 0 Å². The van der Waals surface area contributed by atoms with Crippen LogP contribution in [-0.2, 0) is 32.9 Å². The SMILES string of the molecule is CCCCCCCCCc1ccnc(-c2cc(CCCCCCCCC)ccn2)c1.[Ir].[c-]1ccccc1-c1cc2c3c(cccc3n1)-c1ccccc1-2. The van der Waals surface area contributed by atoms with Gasteiger partial charge in [-0.15, -0.1) is 35.9 Å². The number of aromatic nitrogens is 3. The molecule has 3 heterocycles. The zero-order chi connectivity index (χ0) is 35.8. The van der Waals surface area contributed by atoms with Crippen LogP contribution in [0.25, 0.3) is 55.8 Å². The van der Waals surface area contributed by atoms with E-state index < -0.39 is 0 Å². The fourth-order valence-electron chi connectivity index (χ4n) is 7.48. The smallest absolute Gasteiger partial charge is 0.0888 e. The van der Waals surface area contributed by atoms with Crippen LogP contribution in [0.2, 0.25) is 0 Å². The molecule has 1 aliphatic rings. The van der Waals surface area contributed by atoms with E-state index in [4.69, 9.17) is 4.98 Å². The predicted octanol–water partition coefficient (Wildman–Crippen LogP) is 14.1. The van der Waals surface area contributed by atoms with Gasteiger partial charge in [0.25, 0.3) is 0 Å². The van der Waals surface area contributed by atoms with Crippen LogP contribution in [0.1, 0.15) is 115 Å². The van der Waals surface area contributed by atoms with Crippen LogP contribution < -0.4 is 0 Å². The van der Waals surface area contributed by atoms with E-state index in [9.17, 15) is 0 Å². The molecule has 6 aromatic rings. The summed E-state index contributed by atoms with van der Waals surface area (Å²) in [6, 6.07) is 37.3. The van der Waals surface area contributed by atoms with Crippen molar-refractivity contribution >= 4 is 10.9 Å². The first-order valence-corrected chi connectivity index (χ1v) is 20.2. The van der Waals surface area contributed by atoms with Gasteiger partial charge in [-0.05, 0) is 95.1 Å². The van der Waals surface area contributed by atoms with Gasteiger partial charge in [-0.25, -0.2) is 0 Å². The van der Waals surface area contributed by atoms with Crippen LogP contribution in [0.4, 0.5) is 0 Å². The largest absolute Gasteiger partial charge is 0.296 e. The molecule has 277 valence electrons. The number of nitrogens with zero attached hydrogens (tertiary/aromatic N) is 3. The molecule has 0 aliphatic heterocycles. The van der Waals surface area contributed by atoms with Crippen molar-refractivity contribution in [2.24, 2.45) is 0 Å². The first kappa shape index (κ1) is 40.2. The van der Waals surface area contributed by atoms with E-state index in [1.54, 1.807) is 0 Å². The van der Waals surface area contributed by atoms with Gasteiger partial charge in [0.05, 0.1) is 16.9 Å². The number of unbranched alkanes of at least 4 members (excludes halogenated alkanes) is 12. The van der Waals surface area contributed by atoms with Gasteiger partial charge in [0, 0.05) is 37.9 Å². The molecule has 1 radical (unpaired) electrons. The quantitative estimate of drug-likeness (QED) is 0.0637. The molecule has 0 unspecified atom stereocenters. The van der Waals surface area contributed by atoms with Crippen molar-refractivity contribution in [3.63, 3.8) is 0 Å². The molecule has 0 bridgehead atoms. The molecule has 0 spiro atoms.